The molecule has 0 aliphatic rings. The molecule has 1 atom stereocenters. The van der Waals surface area contributed by atoms with Gasteiger partial charge in [0.05, 0.1) is 0 Å². The van der Waals surface area contributed by atoms with Gasteiger partial charge in [0.15, 0.2) is 0 Å². The van der Waals surface area contributed by atoms with E-state index >= 15 is 0 Å². The van der Waals surface area contributed by atoms with E-state index in [1.165, 1.54) is 0 Å². The van der Waals surface area contributed by atoms with E-state index in [1.54, 1.807) is 0 Å². The number of carboxylic acids is 1. The zero-order valence-corrected chi connectivity index (χ0v) is 10.2. The molecule has 1 unspecified atom stereocenters. The zero-order valence-electron chi connectivity index (χ0n) is 10.2. The van der Waals surface area contributed by atoms with E-state index in [4.69, 9.17) is 10.8 Å². The maximum Gasteiger partial charge on any atom is 0.321 e. The molecule has 0 radical (unpaired) electrons. The van der Waals surface area contributed by atoms with Gasteiger partial charge in [0.2, 0.25) is 0 Å². The summed E-state index contributed by atoms with van der Waals surface area (Å²) < 4.78 is 0. The summed E-state index contributed by atoms with van der Waals surface area (Å²) in [7, 11) is 0. The summed E-state index contributed by atoms with van der Waals surface area (Å²) in [5.74, 6) is -0.306. The highest BCUT2D eigenvalue weighted by Crippen LogP contribution is 2.23. The van der Waals surface area contributed by atoms with Crippen molar-refractivity contribution >= 4 is 5.97 Å². The van der Waals surface area contributed by atoms with Gasteiger partial charge in [-0.15, -0.1) is 0 Å². The summed E-state index contributed by atoms with van der Waals surface area (Å²) in [5.41, 5.74) is 5.57. The van der Waals surface area contributed by atoms with Crippen molar-refractivity contribution in [3.63, 3.8) is 0 Å². The smallest absolute Gasteiger partial charge is 0.321 e. The first-order valence-corrected chi connectivity index (χ1v) is 5.44. The molecule has 0 saturated heterocycles. The second kappa shape index (κ2) is 6.08. The molecule has 0 aliphatic carbocycles. The molecule has 15 heavy (non-hydrogen) atoms. The van der Waals surface area contributed by atoms with Crippen LogP contribution in [0.5, 0.6) is 0 Å². The molecular weight excluding hydrogens is 192 g/mol. The molecule has 90 valence electrons. The SMILES string of the molecule is CC(C)CC(C)(C)CNCC(N)C(=O)O. The summed E-state index contributed by atoms with van der Waals surface area (Å²) in [6.45, 7) is 9.84. The molecule has 0 spiro atoms. The standard InChI is InChI=1S/C11H24N2O2/c1-8(2)5-11(3,4)7-13-6-9(12)10(14)15/h8-9,13H,5-7,12H2,1-4H3,(H,14,15). The fraction of sp³-hybridized carbons (Fsp3) is 0.909. The average molecular weight is 216 g/mol. The number of rotatable bonds is 7. The Balaban J connectivity index is 3.79. The van der Waals surface area contributed by atoms with Crippen molar-refractivity contribution < 1.29 is 9.90 Å². The molecule has 0 aromatic rings. The Morgan fingerprint density at radius 3 is 2.40 bits per heavy atom. The van der Waals surface area contributed by atoms with Gasteiger partial charge in [-0.05, 0) is 17.8 Å². The van der Waals surface area contributed by atoms with Gasteiger partial charge >= 0.3 is 5.97 Å². The molecule has 0 heterocycles. The Labute approximate surface area is 92.2 Å². The minimum Gasteiger partial charge on any atom is -0.480 e. The number of carboxylic acid groups (broad SMARTS) is 1. The minimum absolute atomic E-state index is 0.187. The summed E-state index contributed by atoms with van der Waals surface area (Å²) >= 11 is 0. The van der Waals surface area contributed by atoms with Gasteiger partial charge in [0.1, 0.15) is 6.04 Å². The number of hydrogen-bond acceptors (Lipinski definition) is 3. The summed E-state index contributed by atoms with van der Waals surface area (Å²) in [6.07, 6.45) is 1.11. The Morgan fingerprint density at radius 2 is 2.00 bits per heavy atom. The fourth-order valence-electron chi connectivity index (χ4n) is 1.83. The van der Waals surface area contributed by atoms with Crippen LogP contribution in [0.4, 0.5) is 0 Å². The molecule has 0 bridgehead atoms. The third-order valence-corrected chi connectivity index (χ3v) is 2.25. The topological polar surface area (TPSA) is 75.3 Å². The molecule has 4 heteroatoms. The van der Waals surface area contributed by atoms with E-state index in [1.807, 2.05) is 0 Å². The minimum atomic E-state index is -0.954. The van der Waals surface area contributed by atoms with Crippen LogP contribution >= 0.6 is 0 Å². The van der Waals surface area contributed by atoms with E-state index in [2.05, 4.69) is 33.0 Å². The van der Waals surface area contributed by atoms with Crippen LogP contribution in [0, 0.1) is 11.3 Å². The number of nitrogens with one attached hydrogen (secondary N) is 1. The van der Waals surface area contributed by atoms with E-state index < -0.39 is 12.0 Å². The van der Waals surface area contributed by atoms with Gasteiger partial charge < -0.3 is 16.2 Å². The van der Waals surface area contributed by atoms with E-state index in [0.717, 1.165) is 13.0 Å². The highest BCUT2D eigenvalue weighted by atomic mass is 16.4. The van der Waals surface area contributed by atoms with Crippen LogP contribution in [0.1, 0.15) is 34.1 Å². The molecule has 0 fully saturated rings. The molecule has 0 aliphatic heterocycles. The third kappa shape index (κ3) is 7.33. The Kier molecular flexibility index (Phi) is 5.83. The van der Waals surface area contributed by atoms with Gasteiger partial charge in [-0.3, -0.25) is 4.79 Å². The van der Waals surface area contributed by atoms with Crippen LogP contribution in [-0.4, -0.2) is 30.2 Å². The zero-order chi connectivity index (χ0) is 12.1. The fourth-order valence-corrected chi connectivity index (χ4v) is 1.83. The maximum atomic E-state index is 10.5. The lowest BCUT2D eigenvalue weighted by Crippen LogP contribution is -2.43. The predicted octanol–water partition coefficient (Wildman–Crippen LogP) is 1.06. The Morgan fingerprint density at radius 1 is 1.47 bits per heavy atom. The van der Waals surface area contributed by atoms with Crippen LogP contribution in [0.3, 0.4) is 0 Å². The molecule has 0 aromatic carbocycles. The quantitative estimate of drug-likeness (QED) is 0.595. The van der Waals surface area contributed by atoms with Gasteiger partial charge in [0, 0.05) is 13.1 Å². The van der Waals surface area contributed by atoms with Crippen molar-refractivity contribution in [3.05, 3.63) is 0 Å². The highest BCUT2D eigenvalue weighted by Gasteiger charge is 2.20. The lowest BCUT2D eigenvalue weighted by molar-refractivity contribution is -0.138. The van der Waals surface area contributed by atoms with E-state index in [-0.39, 0.29) is 5.41 Å². The molecule has 4 nitrogen and oxygen atoms in total. The first-order chi connectivity index (χ1) is 6.74. The average Bonchev–Trinajstić information content (AvgIpc) is 2.00. The van der Waals surface area contributed by atoms with Gasteiger partial charge in [-0.1, -0.05) is 27.7 Å². The van der Waals surface area contributed by atoms with Gasteiger partial charge in [-0.25, -0.2) is 0 Å². The number of aliphatic carboxylic acids is 1. The second-order valence-electron chi connectivity index (χ2n) is 5.34. The number of hydrogen-bond donors (Lipinski definition) is 3. The lowest BCUT2D eigenvalue weighted by Gasteiger charge is -2.27. The lowest BCUT2D eigenvalue weighted by atomic mass is 9.84. The van der Waals surface area contributed by atoms with E-state index in [0.29, 0.717) is 12.5 Å². The molecular formula is C11H24N2O2. The normalized spacial score (nSPS) is 14.3. The molecule has 0 aromatic heterocycles. The van der Waals surface area contributed by atoms with Gasteiger partial charge in [0.25, 0.3) is 0 Å². The van der Waals surface area contributed by atoms with Crippen molar-refractivity contribution in [2.24, 2.45) is 17.1 Å². The maximum absolute atomic E-state index is 10.5. The third-order valence-electron chi connectivity index (χ3n) is 2.25. The number of nitrogens with two attached hydrogens (primary N) is 1. The Bertz CT molecular complexity index is 203. The van der Waals surface area contributed by atoms with Crippen molar-refractivity contribution in [3.8, 4) is 0 Å². The second-order valence-corrected chi connectivity index (χ2v) is 5.34. The molecule has 0 saturated carbocycles. The molecule has 4 N–H and O–H groups in total. The molecule has 0 amide bonds. The Hall–Kier alpha value is -0.610. The highest BCUT2D eigenvalue weighted by molar-refractivity contribution is 5.73. The van der Waals surface area contributed by atoms with Crippen LogP contribution in [0.25, 0.3) is 0 Å². The van der Waals surface area contributed by atoms with Crippen molar-refractivity contribution in [2.45, 2.75) is 40.2 Å². The van der Waals surface area contributed by atoms with Crippen molar-refractivity contribution in [2.75, 3.05) is 13.1 Å². The van der Waals surface area contributed by atoms with Crippen molar-refractivity contribution in [1.29, 1.82) is 0 Å². The predicted molar refractivity (Wildman–Crippen MR) is 61.7 cm³/mol. The summed E-state index contributed by atoms with van der Waals surface area (Å²) in [5, 5.41) is 11.7. The van der Waals surface area contributed by atoms with Crippen LogP contribution in [0.15, 0.2) is 0 Å². The van der Waals surface area contributed by atoms with Crippen LogP contribution in [-0.2, 0) is 4.79 Å². The largest absolute Gasteiger partial charge is 0.480 e. The van der Waals surface area contributed by atoms with Crippen LogP contribution < -0.4 is 11.1 Å². The monoisotopic (exact) mass is 216 g/mol. The first kappa shape index (κ1) is 14.4. The van der Waals surface area contributed by atoms with Crippen molar-refractivity contribution in [1.82, 2.24) is 5.32 Å². The van der Waals surface area contributed by atoms with Gasteiger partial charge in [-0.2, -0.15) is 0 Å². The summed E-state index contributed by atoms with van der Waals surface area (Å²) in [4.78, 5) is 10.5. The van der Waals surface area contributed by atoms with E-state index in [9.17, 15) is 4.79 Å². The summed E-state index contributed by atoms with van der Waals surface area (Å²) in [6, 6.07) is -0.806. The number of carbonyl (C=O) groups is 1. The molecule has 0 rings (SSSR count). The first-order valence-electron chi connectivity index (χ1n) is 5.44. The van der Waals surface area contributed by atoms with Crippen LogP contribution in [0.2, 0.25) is 0 Å².